The summed E-state index contributed by atoms with van der Waals surface area (Å²) in [6, 6.07) is 5.95. The molecule has 0 unspecified atom stereocenters. The third-order valence-electron chi connectivity index (χ3n) is 1.53. The molecule has 1 aromatic carbocycles. The smallest absolute Gasteiger partial charge is 0.191 e. The SMILES string of the molecule is Brc1cccc2cnc(I)nc12. The van der Waals surface area contributed by atoms with Crippen molar-refractivity contribution in [2.45, 2.75) is 0 Å². The molecule has 0 spiro atoms. The van der Waals surface area contributed by atoms with Gasteiger partial charge in [-0.3, -0.25) is 0 Å². The fourth-order valence-corrected chi connectivity index (χ4v) is 1.85. The molecule has 0 amide bonds. The summed E-state index contributed by atoms with van der Waals surface area (Å²) in [7, 11) is 0. The molecule has 0 saturated heterocycles. The molecule has 0 aliphatic rings. The summed E-state index contributed by atoms with van der Waals surface area (Å²) < 4.78 is 1.78. The van der Waals surface area contributed by atoms with E-state index in [0.29, 0.717) is 0 Å². The summed E-state index contributed by atoms with van der Waals surface area (Å²) >= 11 is 5.54. The van der Waals surface area contributed by atoms with Crippen LogP contribution in [0.25, 0.3) is 10.9 Å². The minimum Gasteiger partial charge on any atom is -0.231 e. The fourth-order valence-electron chi connectivity index (χ4n) is 0.998. The summed E-state index contributed by atoms with van der Waals surface area (Å²) in [5, 5.41) is 1.06. The number of hydrogen-bond acceptors (Lipinski definition) is 2. The normalized spacial score (nSPS) is 10.5. The number of rotatable bonds is 0. The summed E-state index contributed by atoms with van der Waals surface area (Å²) in [6.45, 7) is 0. The number of hydrogen-bond donors (Lipinski definition) is 0. The van der Waals surface area contributed by atoms with Crippen molar-refractivity contribution in [3.05, 3.63) is 32.7 Å². The highest BCUT2D eigenvalue weighted by atomic mass is 127. The van der Waals surface area contributed by atoms with Gasteiger partial charge >= 0.3 is 0 Å². The number of benzene rings is 1. The predicted octanol–water partition coefficient (Wildman–Crippen LogP) is 3.00. The topological polar surface area (TPSA) is 25.8 Å². The summed E-state index contributed by atoms with van der Waals surface area (Å²) in [5.74, 6) is 0. The quantitative estimate of drug-likeness (QED) is 0.547. The summed E-state index contributed by atoms with van der Waals surface area (Å²) in [5.41, 5.74) is 0.969. The van der Waals surface area contributed by atoms with Crippen LogP contribution >= 0.6 is 38.5 Å². The van der Waals surface area contributed by atoms with Gasteiger partial charge in [0.05, 0.1) is 5.52 Å². The Kier molecular flexibility index (Phi) is 2.27. The van der Waals surface area contributed by atoms with E-state index in [9.17, 15) is 0 Å². The molecule has 60 valence electrons. The highest BCUT2D eigenvalue weighted by Gasteiger charge is 1.99. The first kappa shape index (κ1) is 8.37. The second-order valence-corrected chi connectivity index (χ2v) is 4.14. The summed E-state index contributed by atoms with van der Waals surface area (Å²) in [6.07, 6.45) is 1.83. The molecule has 4 heteroatoms. The van der Waals surface area contributed by atoms with Crippen LogP contribution in [0.4, 0.5) is 0 Å². The molecule has 2 nitrogen and oxygen atoms in total. The predicted molar refractivity (Wildman–Crippen MR) is 60.0 cm³/mol. The Morgan fingerprint density at radius 1 is 1.33 bits per heavy atom. The molecule has 1 aromatic heterocycles. The molecule has 1 heterocycles. The molecule has 2 rings (SSSR count). The Bertz CT molecular complexity index is 430. The van der Waals surface area contributed by atoms with Crippen LogP contribution in [0.5, 0.6) is 0 Å². The lowest BCUT2D eigenvalue weighted by Crippen LogP contribution is -1.87. The maximum Gasteiger partial charge on any atom is 0.191 e. The maximum atomic E-state index is 4.30. The lowest BCUT2D eigenvalue weighted by Gasteiger charge is -1.98. The molecule has 0 bridgehead atoms. The Labute approximate surface area is 91.7 Å². The van der Waals surface area contributed by atoms with Crippen molar-refractivity contribution < 1.29 is 0 Å². The van der Waals surface area contributed by atoms with Crippen molar-refractivity contribution in [3.63, 3.8) is 0 Å². The van der Waals surface area contributed by atoms with Gasteiger partial charge in [-0.2, -0.15) is 0 Å². The van der Waals surface area contributed by atoms with Crippen molar-refractivity contribution in [1.82, 2.24) is 9.97 Å². The number of nitrogens with zero attached hydrogens (tertiary/aromatic N) is 2. The van der Waals surface area contributed by atoms with E-state index >= 15 is 0 Å². The van der Waals surface area contributed by atoms with Crippen LogP contribution in [0.3, 0.4) is 0 Å². The molecule has 2 aromatic rings. The lowest BCUT2D eigenvalue weighted by atomic mass is 10.2. The van der Waals surface area contributed by atoms with Gasteiger partial charge in [-0.05, 0) is 22.0 Å². The first-order chi connectivity index (χ1) is 5.77. The average Bonchev–Trinajstić information content (AvgIpc) is 2.07. The van der Waals surface area contributed by atoms with E-state index in [4.69, 9.17) is 0 Å². The van der Waals surface area contributed by atoms with Gasteiger partial charge in [-0.15, -0.1) is 0 Å². The number of fused-ring (bicyclic) bond motifs is 1. The van der Waals surface area contributed by atoms with Crippen LogP contribution < -0.4 is 0 Å². The van der Waals surface area contributed by atoms with Gasteiger partial charge in [0.15, 0.2) is 3.83 Å². The molecule has 0 saturated carbocycles. The Morgan fingerprint density at radius 3 is 3.00 bits per heavy atom. The standard InChI is InChI=1S/C8H4BrIN2/c9-6-3-1-2-5-4-11-8(10)12-7(5)6/h1-4H. The monoisotopic (exact) mass is 334 g/mol. The number of halogens is 2. The van der Waals surface area contributed by atoms with Gasteiger partial charge in [-0.25, -0.2) is 9.97 Å². The first-order valence-corrected chi connectivity index (χ1v) is 5.21. The van der Waals surface area contributed by atoms with Crippen LogP contribution in [0.2, 0.25) is 0 Å². The van der Waals surface area contributed by atoms with Gasteiger partial charge in [0.2, 0.25) is 0 Å². The molecular formula is C8H4BrIN2. The molecule has 12 heavy (non-hydrogen) atoms. The largest absolute Gasteiger partial charge is 0.231 e. The van der Waals surface area contributed by atoms with Gasteiger partial charge in [0, 0.05) is 38.6 Å². The Balaban J connectivity index is 2.88. The van der Waals surface area contributed by atoms with Crippen LogP contribution in [0.15, 0.2) is 28.9 Å². The van der Waals surface area contributed by atoms with E-state index in [-0.39, 0.29) is 0 Å². The van der Waals surface area contributed by atoms with Gasteiger partial charge in [-0.1, -0.05) is 12.1 Å². The molecule has 0 N–H and O–H groups in total. The zero-order chi connectivity index (χ0) is 8.55. The van der Waals surface area contributed by atoms with E-state index in [0.717, 1.165) is 19.2 Å². The second kappa shape index (κ2) is 3.26. The van der Waals surface area contributed by atoms with E-state index < -0.39 is 0 Å². The highest BCUT2D eigenvalue weighted by Crippen LogP contribution is 2.21. The average molecular weight is 335 g/mol. The van der Waals surface area contributed by atoms with E-state index in [1.807, 2.05) is 24.4 Å². The molecule has 0 aliphatic heterocycles. The molecule has 0 atom stereocenters. The highest BCUT2D eigenvalue weighted by molar-refractivity contribution is 14.1. The van der Waals surface area contributed by atoms with Crippen LogP contribution in [-0.2, 0) is 0 Å². The van der Waals surface area contributed by atoms with Crippen molar-refractivity contribution in [3.8, 4) is 0 Å². The molecular weight excluding hydrogens is 331 g/mol. The first-order valence-electron chi connectivity index (χ1n) is 3.34. The Hall–Kier alpha value is -0.230. The van der Waals surface area contributed by atoms with Crippen molar-refractivity contribution in [2.75, 3.05) is 0 Å². The third-order valence-corrected chi connectivity index (χ3v) is 2.69. The van der Waals surface area contributed by atoms with E-state index in [1.165, 1.54) is 0 Å². The molecule has 0 radical (unpaired) electrons. The zero-order valence-corrected chi connectivity index (χ0v) is 9.70. The van der Waals surface area contributed by atoms with Crippen molar-refractivity contribution in [2.24, 2.45) is 0 Å². The van der Waals surface area contributed by atoms with Gasteiger partial charge in [0.1, 0.15) is 0 Å². The molecule has 0 fully saturated rings. The number of aromatic nitrogens is 2. The lowest BCUT2D eigenvalue weighted by molar-refractivity contribution is 1.15. The van der Waals surface area contributed by atoms with Gasteiger partial charge < -0.3 is 0 Å². The summed E-state index contributed by atoms with van der Waals surface area (Å²) in [4.78, 5) is 8.41. The van der Waals surface area contributed by atoms with Crippen LogP contribution in [0, 0.1) is 3.83 Å². The van der Waals surface area contributed by atoms with Crippen LogP contribution in [-0.4, -0.2) is 9.97 Å². The van der Waals surface area contributed by atoms with Gasteiger partial charge in [0.25, 0.3) is 0 Å². The zero-order valence-electron chi connectivity index (χ0n) is 5.96. The second-order valence-electron chi connectivity index (χ2n) is 2.32. The fraction of sp³-hybridized carbons (Fsp3) is 0. The van der Waals surface area contributed by atoms with Crippen LogP contribution in [0.1, 0.15) is 0 Å². The third kappa shape index (κ3) is 1.45. The Morgan fingerprint density at radius 2 is 2.17 bits per heavy atom. The van der Waals surface area contributed by atoms with Crippen molar-refractivity contribution >= 4 is 49.4 Å². The molecule has 0 aliphatic carbocycles. The van der Waals surface area contributed by atoms with E-state index in [2.05, 4.69) is 48.5 Å². The van der Waals surface area contributed by atoms with Crippen molar-refractivity contribution in [1.29, 1.82) is 0 Å². The number of para-hydroxylation sites is 1. The minimum atomic E-state index is 0.770. The maximum absolute atomic E-state index is 4.30. The minimum absolute atomic E-state index is 0.770. The van der Waals surface area contributed by atoms with E-state index in [1.54, 1.807) is 0 Å².